The van der Waals surface area contributed by atoms with Crippen molar-refractivity contribution in [1.82, 2.24) is 15.5 Å². The third kappa shape index (κ3) is 7.50. The van der Waals surface area contributed by atoms with Gasteiger partial charge in [0.05, 0.1) is 0 Å². The number of hydrogen-bond donors (Lipinski definition) is 2. The predicted octanol–water partition coefficient (Wildman–Crippen LogP) is 4.16. The van der Waals surface area contributed by atoms with Crippen molar-refractivity contribution < 1.29 is 0 Å². The van der Waals surface area contributed by atoms with Crippen molar-refractivity contribution in [3.8, 4) is 0 Å². The lowest BCUT2D eigenvalue weighted by atomic mass is 10.1. The molecule has 3 rings (SSSR count). The Morgan fingerprint density at radius 2 is 1.37 bits per heavy atom. The monoisotopic (exact) mass is 478 g/mol. The van der Waals surface area contributed by atoms with Gasteiger partial charge in [0.2, 0.25) is 0 Å². The number of piperidine rings is 1. The zero-order chi connectivity index (χ0) is 18.0. The maximum Gasteiger partial charge on any atom is 0.191 e. The molecule has 1 aliphatic rings. The third-order valence-electron chi connectivity index (χ3n) is 4.86. The topological polar surface area (TPSA) is 39.7 Å². The molecule has 27 heavy (non-hydrogen) atoms. The summed E-state index contributed by atoms with van der Waals surface area (Å²) in [6, 6.07) is 19.3. The van der Waals surface area contributed by atoms with E-state index in [1.54, 1.807) is 0 Å². The van der Waals surface area contributed by atoms with Gasteiger partial charge in [0.1, 0.15) is 0 Å². The Labute approximate surface area is 180 Å². The fourth-order valence-corrected chi connectivity index (χ4v) is 3.33. The maximum atomic E-state index is 4.30. The van der Waals surface area contributed by atoms with E-state index in [9.17, 15) is 0 Å². The van der Waals surface area contributed by atoms with Gasteiger partial charge in [-0.15, -0.1) is 24.0 Å². The fraction of sp³-hybridized carbons (Fsp3) is 0.409. The first-order chi connectivity index (χ1) is 12.8. The van der Waals surface area contributed by atoms with Crippen LogP contribution in [0.4, 0.5) is 0 Å². The molecule has 0 bridgehead atoms. The van der Waals surface area contributed by atoms with E-state index in [1.165, 1.54) is 49.0 Å². The van der Waals surface area contributed by atoms with Crippen molar-refractivity contribution in [2.45, 2.75) is 38.9 Å². The second kappa shape index (κ2) is 12.0. The minimum atomic E-state index is 0. The van der Waals surface area contributed by atoms with Crippen LogP contribution in [0.2, 0.25) is 0 Å². The van der Waals surface area contributed by atoms with Crippen molar-refractivity contribution in [2.75, 3.05) is 20.1 Å². The summed E-state index contributed by atoms with van der Waals surface area (Å²) in [7, 11) is 1.81. The second-order valence-corrected chi connectivity index (χ2v) is 6.92. The largest absolute Gasteiger partial charge is 0.352 e. The summed E-state index contributed by atoms with van der Waals surface area (Å²) >= 11 is 0. The Hall–Kier alpha value is -1.60. The highest BCUT2D eigenvalue weighted by Gasteiger charge is 2.10. The van der Waals surface area contributed by atoms with Crippen LogP contribution in [0.1, 0.15) is 36.0 Å². The molecule has 0 amide bonds. The average Bonchev–Trinajstić information content (AvgIpc) is 2.71. The first kappa shape index (κ1) is 21.7. The van der Waals surface area contributed by atoms with E-state index in [1.807, 2.05) is 13.1 Å². The van der Waals surface area contributed by atoms with Gasteiger partial charge in [0, 0.05) is 26.7 Å². The number of rotatable bonds is 6. The van der Waals surface area contributed by atoms with E-state index in [0.29, 0.717) is 0 Å². The van der Waals surface area contributed by atoms with Crippen LogP contribution in [0, 0.1) is 0 Å². The van der Waals surface area contributed by atoms with Gasteiger partial charge in [0.15, 0.2) is 5.96 Å². The third-order valence-corrected chi connectivity index (χ3v) is 4.86. The van der Waals surface area contributed by atoms with Gasteiger partial charge < -0.3 is 10.6 Å². The SMILES string of the molecule is CN=C(NCc1ccccc1)NCc1ccc(CN2CCCCC2)cc1.I. The van der Waals surface area contributed by atoms with Crippen LogP contribution < -0.4 is 10.6 Å². The van der Waals surface area contributed by atoms with E-state index < -0.39 is 0 Å². The summed E-state index contributed by atoms with van der Waals surface area (Å²) in [5, 5.41) is 6.74. The van der Waals surface area contributed by atoms with E-state index in [0.717, 1.165) is 25.6 Å². The molecule has 0 saturated carbocycles. The number of guanidine groups is 1. The van der Waals surface area contributed by atoms with Crippen molar-refractivity contribution in [3.05, 3.63) is 71.3 Å². The summed E-state index contributed by atoms with van der Waals surface area (Å²) in [6.07, 6.45) is 4.08. The summed E-state index contributed by atoms with van der Waals surface area (Å²) in [5.74, 6) is 0.825. The first-order valence-electron chi connectivity index (χ1n) is 9.62. The molecule has 1 aliphatic heterocycles. The summed E-state index contributed by atoms with van der Waals surface area (Å²) in [5.41, 5.74) is 3.93. The number of halogens is 1. The average molecular weight is 478 g/mol. The van der Waals surface area contributed by atoms with Crippen molar-refractivity contribution in [1.29, 1.82) is 0 Å². The Kier molecular flexibility index (Phi) is 9.62. The molecule has 2 aromatic carbocycles. The number of aliphatic imine (C=N–C) groups is 1. The molecule has 4 nitrogen and oxygen atoms in total. The van der Waals surface area contributed by atoms with Gasteiger partial charge in [0.25, 0.3) is 0 Å². The van der Waals surface area contributed by atoms with Crippen LogP contribution in [-0.4, -0.2) is 31.0 Å². The Balaban J connectivity index is 0.00000261. The Bertz CT molecular complexity index is 679. The van der Waals surface area contributed by atoms with E-state index >= 15 is 0 Å². The molecular weight excluding hydrogens is 447 g/mol. The number of nitrogens with zero attached hydrogens (tertiary/aromatic N) is 2. The van der Waals surface area contributed by atoms with Crippen molar-refractivity contribution in [3.63, 3.8) is 0 Å². The first-order valence-corrected chi connectivity index (χ1v) is 9.62. The Morgan fingerprint density at radius 3 is 1.96 bits per heavy atom. The molecule has 0 atom stereocenters. The van der Waals surface area contributed by atoms with Gasteiger partial charge in [-0.25, -0.2) is 0 Å². The number of likely N-dealkylation sites (tertiary alicyclic amines) is 1. The smallest absolute Gasteiger partial charge is 0.191 e. The van der Waals surface area contributed by atoms with Gasteiger partial charge in [-0.2, -0.15) is 0 Å². The van der Waals surface area contributed by atoms with Crippen LogP contribution in [0.25, 0.3) is 0 Å². The highest BCUT2D eigenvalue weighted by atomic mass is 127. The number of benzene rings is 2. The normalized spacial score (nSPS) is 15.1. The predicted molar refractivity (Wildman–Crippen MR) is 124 cm³/mol. The molecule has 146 valence electrons. The molecule has 1 heterocycles. The maximum absolute atomic E-state index is 4.30. The van der Waals surface area contributed by atoms with Crippen LogP contribution in [0.3, 0.4) is 0 Å². The minimum absolute atomic E-state index is 0. The molecule has 2 N–H and O–H groups in total. The number of hydrogen-bond acceptors (Lipinski definition) is 2. The molecule has 5 heteroatoms. The molecule has 0 spiro atoms. The number of nitrogens with one attached hydrogen (secondary N) is 2. The fourth-order valence-electron chi connectivity index (χ4n) is 3.33. The highest BCUT2D eigenvalue weighted by molar-refractivity contribution is 14.0. The van der Waals surface area contributed by atoms with E-state index in [-0.39, 0.29) is 24.0 Å². The second-order valence-electron chi connectivity index (χ2n) is 6.92. The molecule has 0 aliphatic carbocycles. The summed E-state index contributed by atoms with van der Waals surface area (Å²) in [6.45, 7) is 5.11. The molecule has 0 aromatic heterocycles. The molecular formula is C22H31IN4. The van der Waals surface area contributed by atoms with Gasteiger partial charge in [-0.1, -0.05) is 61.0 Å². The lowest BCUT2D eigenvalue weighted by Crippen LogP contribution is -2.36. The molecule has 2 aromatic rings. The molecule has 1 saturated heterocycles. The van der Waals surface area contributed by atoms with E-state index in [2.05, 4.69) is 69.1 Å². The van der Waals surface area contributed by atoms with E-state index in [4.69, 9.17) is 0 Å². The van der Waals surface area contributed by atoms with Crippen LogP contribution >= 0.6 is 24.0 Å². The van der Waals surface area contributed by atoms with Crippen LogP contribution in [0.5, 0.6) is 0 Å². The zero-order valence-electron chi connectivity index (χ0n) is 16.2. The van der Waals surface area contributed by atoms with Crippen molar-refractivity contribution in [2.24, 2.45) is 4.99 Å². The van der Waals surface area contributed by atoms with Gasteiger partial charge in [-0.05, 0) is 42.6 Å². The van der Waals surface area contributed by atoms with Gasteiger partial charge in [-0.3, -0.25) is 9.89 Å². The van der Waals surface area contributed by atoms with Gasteiger partial charge >= 0.3 is 0 Å². The highest BCUT2D eigenvalue weighted by Crippen LogP contribution is 2.13. The quantitative estimate of drug-likeness (QED) is 0.372. The van der Waals surface area contributed by atoms with Crippen LogP contribution in [-0.2, 0) is 19.6 Å². The standard InChI is InChI=1S/C22H30N4.HI/c1-23-22(24-16-19-8-4-2-5-9-19)25-17-20-10-12-21(13-11-20)18-26-14-6-3-7-15-26;/h2,4-5,8-13H,3,6-7,14-18H2,1H3,(H2,23,24,25);1H. The lowest BCUT2D eigenvalue weighted by molar-refractivity contribution is 0.221. The van der Waals surface area contributed by atoms with Crippen LogP contribution in [0.15, 0.2) is 59.6 Å². The Morgan fingerprint density at radius 1 is 0.815 bits per heavy atom. The minimum Gasteiger partial charge on any atom is -0.352 e. The summed E-state index contributed by atoms with van der Waals surface area (Å²) in [4.78, 5) is 6.86. The lowest BCUT2D eigenvalue weighted by Gasteiger charge is -2.26. The molecule has 0 unspecified atom stereocenters. The molecule has 1 fully saturated rings. The van der Waals surface area contributed by atoms with Crippen molar-refractivity contribution >= 4 is 29.9 Å². The summed E-state index contributed by atoms with van der Waals surface area (Å²) < 4.78 is 0. The zero-order valence-corrected chi connectivity index (χ0v) is 18.5. The molecule has 0 radical (unpaired) electrons.